The van der Waals surface area contributed by atoms with Gasteiger partial charge in [-0.05, 0) is 25.1 Å². The molecule has 0 radical (unpaired) electrons. The topological polar surface area (TPSA) is 84.0 Å². The van der Waals surface area contributed by atoms with Gasteiger partial charge in [0.2, 0.25) is 15.2 Å². The van der Waals surface area contributed by atoms with Crippen molar-refractivity contribution in [2.75, 3.05) is 24.2 Å². The zero-order valence-electron chi connectivity index (χ0n) is 11.6. The maximum Gasteiger partial charge on any atom is 0.211 e. The van der Waals surface area contributed by atoms with Gasteiger partial charge in [0.25, 0.3) is 0 Å². The average molecular weight is 409 g/mol. The number of nitrogens with one attached hydrogen (secondary N) is 2. The Morgan fingerprint density at radius 3 is 2.82 bits per heavy atom. The maximum absolute atomic E-state index is 13.8. The minimum Gasteiger partial charge on any atom is -0.359 e. The van der Waals surface area contributed by atoms with E-state index in [-0.39, 0.29) is 18.1 Å². The first-order valence-electron chi connectivity index (χ1n) is 6.41. The number of nitrogens with zero attached hydrogens (tertiary/aromatic N) is 2. The molecule has 0 bridgehead atoms. The van der Waals surface area contributed by atoms with Crippen LogP contribution in [0.25, 0.3) is 10.6 Å². The highest BCUT2D eigenvalue weighted by Gasteiger charge is 2.12. The molecule has 2 rings (SSSR count). The summed E-state index contributed by atoms with van der Waals surface area (Å²) < 4.78 is 39.5. The molecule has 2 aromatic rings. The molecule has 0 aliphatic rings. The Labute approximate surface area is 140 Å². The molecule has 2 N–H and O–H groups in total. The second kappa shape index (κ2) is 7.44. The van der Waals surface area contributed by atoms with Crippen molar-refractivity contribution in [3.05, 3.63) is 28.5 Å². The van der Waals surface area contributed by atoms with E-state index < -0.39 is 10.0 Å². The first-order valence-corrected chi connectivity index (χ1v) is 9.67. The van der Waals surface area contributed by atoms with Crippen molar-refractivity contribution in [3.63, 3.8) is 0 Å². The third kappa shape index (κ3) is 4.70. The van der Waals surface area contributed by atoms with Gasteiger partial charge in [0.1, 0.15) is 5.82 Å². The van der Waals surface area contributed by atoms with E-state index >= 15 is 0 Å². The van der Waals surface area contributed by atoms with Crippen LogP contribution >= 0.6 is 27.3 Å². The summed E-state index contributed by atoms with van der Waals surface area (Å²) in [7, 11) is -3.20. The fraction of sp³-hybridized carbons (Fsp3) is 0.333. The lowest BCUT2D eigenvalue weighted by Crippen LogP contribution is -2.30. The molecule has 0 fully saturated rings. The summed E-state index contributed by atoms with van der Waals surface area (Å²) in [4.78, 5) is 0. The van der Waals surface area contributed by atoms with Crippen LogP contribution in [0.4, 0.5) is 9.52 Å². The Morgan fingerprint density at radius 2 is 2.09 bits per heavy atom. The molecule has 0 atom stereocenters. The number of anilines is 1. The normalized spacial score (nSPS) is 11.6. The summed E-state index contributed by atoms with van der Waals surface area (Å²) in [5.74, 6) is -0.334. The summed E-state index contributed by atoms with van der Waals surface area (Å²) in [6.07, 6.45) is 0. The molecule has 6 nitrogen and oxygen atoms in total. The molecule has 0 unspecified atom stereocenters. The SMILES string of the molecule is CCS(=O)(=O)NCCNc1nnc(-c2cc(Br)ccc2F)s1. The van der Waals surface area contributed by atoms with Crippen molar-refractivity contribution in [1.82, 2.24) is 14.9 Å². The fourth-order valence-corrected chi connectivity index (χ4v) is 3.31. The van der Waals surface area contributed by atoms with Crippen LogP contribution in [0, 0.1) is 5.82 Å². The monoisotopic (exact) mass is 408 g/mol. The van der Waals surface area contributed by atoms with Crippen molar-refractivity contribution >= 4 is 42.4 Å². The first kappa shape index (κ1) is 17.3. The minimum absolute atomic E-state index is 0.0398. The number of benzene rings is 1. The van der Waals surface area contributed by atoms with Gasteiger partial charge in [-0.1, -0.05) is 27.3 Å². The Kier molecular flexibility index (Phi) is 5.84. The predicted molar refractivity (Wildman–Crippen MR) is 89.0 cm³/mol. The number of halogens is 2. The summed E-state index contributed by atoms with van der Waals surface area (Å²) in [6, 6.07) is 4.60. The lowest BCUT2D eigenvalue weighted by atomic mass is 10.2. The van der Waals surface area contributed by atoms with Gasteiger partial charge in [0.05, 0.1) is 5.75 Å². The van der Waals surface area contributed by atoms with E-state index in [9.17, 15) is 12.8 Å². The highest BCUT2D eigenvalue weighted by atomic mass is 79.9. The Bertz CT molecular complexity index is 751. The molecule has 0 saturated heterocycles. The molecule has 0 aliphatic carbocycles. The van der Waals surface area contributed by atoms with Gasteiger partial charge >= 0.3 is 0 Å². The van der Waals surface area contributed by atoms with Crippen molar-refractivity contribution in [1.29, 1.82) is 0 Å². The predicted octanol–water partition coefficient (Wildman–Crippen LogP) is 2.46. The van der Waals surface area contributed by atoms with E-state index in [1.54, 1.807) is 19.1 Å². The van der Waals surface area contributed by atoms with Crippen LogP contribution in [0.3, 0.4) is 0 Å². The molecule has 0 aliphatic heterocycles. The van der Waals surface area contributed by atoms with Crippen LogP contribution in [-0.2, 0) is 10.0 Å². The van der Waals surface area contributed by atoms with E-state index in [0.717, 1.165) is 4.47 Å². The zero-order chi connectivity index (χ0) is 16.2. The van der Waals surface area contributed by atoms with E-state index in [1.807, 2.05) is 0 Å². The lowest BCUT2D eigenvalue weighted by Gasteiger charge is -2.04. The molecule has 22 heavy (non-hydrogen) atoms. The molecule has 1 aromatic carbocycles. The Balaban J connectivity index is 1.96. The summed E-state index contributed by atoms with van der Waals surface area (Å²) in [5, 5.41) is 11.8. The van der Waals surface area contributed by atoms with E-state index in [2.05, 4.69) is 36.2 Å². The van der Waals surface area contributed by atoms with Crippen LogP contribution in [0.5, 0.6) is 0 Å². The summed E-state index contributed by atoms with van der Waals surface area (Å²) in [6.45, 7) is 2.19. The molecular weight excluding hydrogens is 395 g/mol. The van der Waals surface area contributed by atoms with Gasteiger partial charge in [-0.25, -0.2) is 17.5 Å². The van der Waals surface area contributed by atoms with Crippen LogP contribution in [0.2, 0.25) is 0 Å². The maximum atomic E-state index is 13.8. The van der Waals surface area contributed by atoms with E-state index in [0.29, 0.717) is 22.2 Å². The van der Waals surface area contributed by atoms with Crippen molar-refractivity contribution < 1.29 is 12.8 Å². The smallest absolute Gasteiger partial charge is 0.211 e. The molecule has 0 saturated carbocycles. The Morgan fingerprint density at radius 1 is 1.32 bits per heavy atom. The molecular formula is C12H14BrFN4O2S2. The van der Waals surface area contributed by atoms with Gasteiger partial charge in [-0.15, -0.1) is 10.2 Å². The molecule has 10 heteroatoms. The van der Waals surface area contributed by atoms with Crippen LogP contribution in [0.1, 0.15) is 6.92 Å². The number of hydrogen-bond acceptors (Lipinski definition) is 6. The van der Waals surface area contributed by atoms with Gasteiger partial charge in [-0.3, -0.25) is 0 Å². The summed E-state index contributed by atoms with van der Waals surface area (Å²) in [5.41, 5.74) is 0.367. The third-order valence-corrected chi connectivity index (χ3v) is 5.50. The third-order valence-electron chi connectivity index (χ3n) is 2.69. The van der Waals surface area contributed by atoms with Crippen molar-refractivity contribution in [2.24, 2.45) is 0 Å². The highest BCUT2D eigenvalue weighted by molar-refractivity contribution is 9.10. The second-order valence-corrected chi connectivity index (χ2v) is 8.25. The fourth-order valence-electron chi connectivity index (χ4n) is 1.54. The van der Waals surface area contributed by atoms with Gasteiger partial charge in [0, 0.05) is 23.1 Å². The van der Waals surface area contributed by atoms with Crippen molar-refractivity contribution in [3.8, 4) is 10.6 Å². The van der Waals surface area contributed by atoms with Gasteiger partial charge in [-0.2, -0.15) is 0 Å². The number of sulfonamides is 1. The number of aromatic nitrogens is 2. The quantitative estimate of drug-likeness (QED) is 0.687. The van der Waals surface area contributed by atoms with Crippen LogP contribution in [0.15, 0.2) is 22.7 Å². The second-order valence-electron chi connectivity index (χ2n) is 4.26. The zero-order valence-corrected chi connectivity index (χ0v) is 14.9. The Hall–Kier alpha value is -1.10. The van der Waals surface area contributed by atoms with E-state index in [1.165, 1.54) is 17.4 Å². The minimum atomic E-state index is -3.20. The molecule has 0 spiro atoms. The largest absolute Gasteiger partial charge is 0.359 e. The summed E-state index contributed by atoms with van der Waals surface area (Å²) >= 11 is 4.49. The van der Waals surface area contributed by atoms with Crippen molar-refractivity contribution in [2.45, 2.75) is 6.92 Å². The molecule has 120 valence electrons. The van der Waals surface area contributed by atoms with Crippen LogP contribution < -0.4 is 10.0 Å². The number of rotatable bonds is 7. The van der Waals surface area contributed by atoms with Gasteiger partial charge < -0.3 is 5.32 Å². The molecule has 1 heterocycles. The number of hydrogen-bond donors (Lipinski definition) is 2. The molecule has 1 aromatic heterocycles. The van der Waals surface area contributed by atoms with Crippen LogP contribution in [-0.4, -0.2) is 37.5 Å². The molecule has 0 amide bonds. The van der Waals surface area contributed by atoms with E-state index in [4.69, 9.17) is 0 Å². The average Bonchev–Trinajstić information content (AvgIpc) is 2.95. The standard InChI is InChI=1S/C12H14BrFN4O2S2/c1-2-22(19,20)16-6-5-15-12-18-17-11(21-12)9-7-8(13)3-4-10(9)14/h3-4,7,16H,2,5-6H2,1H3,(H,15,18). The van der Waals surface area contributed by atoms with Gasteiger partial charge in [0.15, 0.2) is 5.01 Å². The highest BCUT2D eigenvalue weighted by Crippen LogP contribution is 2.30. The lowest BCUT2D eigenvalue weighted by molar-refractivity contribution is 0.584. The first-order chi connectivity index (χ1) is 10.4.